The van der Waals surface area contributed by atoms with Gasteiger partial charge in [0.25, 0.3) is 0 Å². The van der Waals surface area contributed by atoms with Crippen molar-refractivity contribution >= 4 is 47.7 Å². The van der Waals surface area contributed by atoms with Crippen LogP contribution in [-0.2, 0) is 17.1 Å². The van der Waals surface area contributed by atoms with Gasteiger partial charge in [0, 0.05) is 0 Å². The zero-order chi connectivity index (χ0) is 37.7. The van der Waals surface area contributed by atoms with Gasteiger partial charge in [0.05, 0.1) is 15.8 Å². The fraction of sp³-hybridized carbons (Fsp3) is 0. The molecule has 0 radical (unpaired) electrons. The van der Waals surface area contributed by atoms with Crippen molar-refractivity contribution in [3.63, 3.8) is 0 Å². The molecule has 0 spiro atoms. The van der Waals surface area contributed by atoms with Gasteiger partial charge >= 0.3 is 17.1 Å². The summed E-state index contributed by atoms with van der Waals surface area (Å²) in [7, 11) is -2.85. The number of rotatable bonds is 6. The Labute approximate surface area is 321 Å². The molecule has 0 N–H and O–H groups in total. The molecule has 54 heavy (non-hydrogen) atoms. The van der Waals surface area contributed by atoms with E-state index in [1.165, 1.54) is 84.9 Å². The Morgan fingerprint density at radius 1 is 0.315 bits per heavy atom. The van der Waals surface area contributed by atoms with Gasteiger partial charge in [-0.2, -0.15) is 0 Å². The van der Waals surface area contributed by atoms with Crippen LogP contribution in [0.25, 0.3) is 0 Å². The third kappa shape index (κ3) is 12.0. The fourth-order valence-corrected chi connectivity index (χ4v) is 10.2. The van der Waals surface area contributed by atoms with E-state index in [9.17, 15) is 36.2 Å². The number of halogens is 6. The summed E-state index contributed by atoms with van der Waals surface area (Å²) >= 11 is 0. The molecule has 0 heterocycles. The summed E-state index contributed by atoms with van der Waals surface area (Å²) in [5, 5.41) is 16.3. The Kier molecular flexibility index (Phi) is 15.8. The van der Waals surface area contributed by atoms with Crippen LogP contribution < -0.4 is 42.4 Å². The van der Waals surface area contributed by atoms with E-state index >= 15 is 0 Å². The maximum Gasteiger partial charge on any atom is 1.00 e. The van der Waals surface area contributed by atoms with Crippen molar-refractivity contribution in [1.29, 1.82) is 0 Å². The second-order valence-corrected chi connectivity index (χ2v) is 16.4. The summed E-state index contributed by atoms with van der Waals surface area (Å²) in [6.07, 6.45) is 0. The van der Waals surface area contributed by atoms with Crippen LogP contribution >= 0.6 is 15.8 Å². The summed E-state index contributed by atoms with van der Waals surface area (Å²) in [5.41, 5.74) is -0.458. The molecule has 0 saturated carbocycles. The van der Waals surface area contributed by atoms with E-state index in [2.05, 4.69) is 0 Å². The Morgan fingerprint density at radius 3 is 0.741 bits per heavy atom. The number of hydrogen-bond donors (Lipinski definition) is 0. The zero-order valence-electron chi connectivity index (χ0n) is 28.1. The minimum absolute atomic E-state index is 0. The standard InChI is InChI=1S/2C18H12F3P.C7H6O2.Cu/c2*19-13-1-7-16(8-2-13)22(17-9-3-14(20)4-10-17)18-11-5-15(21)6-12-18;8-6-4-2-1-3-5-7(6)9;/h2*1-12H;1-5H,(H,8,9);/q;;;+1/p+1. The van der Waals surface area contributed by atoms with E-state index < -0.39 is 27.0 Å². The van der Waals surface area contributed by atoms with Gasteiger partial charge < -0.3 is 5.11 Å². The van der Waals surface area contributed by atoms with Crippen LogP contribution in [0, 0.1) is 34.9 Å². The average molecular weight is 819 g/mol. The van der Waals surface area contributed by atoms with E-state index in [1.54, 1.807) is 91.0 Å². The van der Waals surface area contributed by atoms with E-state index in [0.29, 0.717) is 0 Å². The predicted molar refractivity (Wildman–Crippen MR) is 205 cm³/mol. The quantitative estimate of drug-likeness (QED) is 0.100. The Bertz CT molecular complexity index is 1910. The van der Waals surface area contributed by atoms with Gasteiger partial charge in [-0.1, -0.05) is 30.0 Å². The molecular weight excluding hydrogens is 788 g/mol. The molecule has 0 atom stereocenters. The maximum atomic E-state index is 13.2. The second kappa shape index (κ2) is 20.4. The van der Waals surface area contributed by atoms with E-state index in [4.69, 9.17) is 0 Å². The molecule has 11 heteroatoms. The van der Waals surface area contributed by atoms with Crippen molar-refractivity contribution in [2.45, 2.75) is 0 Å². The molecule has 7 aromatic carbocycles. The van der Waals surface area contributed by atoms with Gasteiger partial charge in [-0.05, 0) is 152 Å². The van der Waals surface area contributed by atoms with E-state index in [-0.39, 0.29) is 52.0 Å². The first-order valence-electron chi connectivity index (χ1n) is 16.1. The molecule has 0 aliphatic heterocycles. The molecular formula is C43H31CuF6O2P2+2. The topological polar surface area (TPSA) is 40.1 Å². The third-order valence-corrected chi connectivity index (χ3v) is 13.2. The van der Waals surface area contributed by atoms with Gasteiger partial charge in [0.1, 0.15) is 66.7 Å². The average Bonchev–Trinajstić information content (AvgIpc) is 3.36. The van der Waals surface area contributed by atoms with Crippen LogP contribution in [0.3, 0.4) is 0 Å². The minimum atomic E-state index is -1.43. The van der Waals surface area contributed by atoms with Gasteiger partial charge in [-0.25, -0.2) is 26.3 Å². The molecule has 0 aromatic heterocycles. The second-order valence-electron chi connectivity index (χ2n) is 11.4. The molecule has 0 bridgehead atoms. The van der Waals surface area contributed by atoms with Gasteiger partial charge in [-0.3, -0.25) is 4.79 Å². The minimum Gasteiger partial charge on any atom is -0.870 e. The summed E-state index contributed by atoms with van der Waals surface area (Å²) in [6.45, 7) is 0. The molecule has 0 aliphatic rings. The van der Waals surface area contributed by atoms with Gasteiger partial charge in [0.15, 0.2) is 5.43 Å². The normalized spacial score (nSPS) is 10.4. The van der Waals surface area contributed by atoms with Crippen molar-refractivity contribution in [3.05, 3.63) is 221 Å². The molecule has 0 saturated heterocycles. The van der Waals surface area contributed by atoms with Gasteiger partial charge in [-0.15, -0.1) is 0 Å². The van der Waals surface area contributed by atoms with Crippen molar-refractivity contribution in [1.82, 2.24) is 0 Å². The Balaban J connectivity index is 0.000000194. The first-order chi connectivity index (χ1) is 25.6. The van der Waals surface area contributed by atoms with E-state index in [0.717, 1.165) is 31.8 Å². The first kappa shape index (κ1) is 41.7. The van der Waals surface area contributed by atoms with Crippen LogP contribution in [-0.4, -0.2) is 0 Å². The Morgan fingerprint density at radius 2 is 0.519 bits per heavy atom. The molecule has 0 unspecified atom stereocenters. The summed E-state index contributed by atoms with van der Waals surface area (Å²) in [6, 6.07) is 44.9. The molecule has 7 rings (SSSR count). The monoisotopic (exact) mass is 818 g/mol. The molecule has 276 valence electrons. The smallest absolute Gasteiger partial charge is 0.870 e. The first-order valence-corrected chi connectivity index (χ1v) is 19.1. The van der Waals surface area contributed by atoms with Crippen LogP contribution in [0.1, 0.15) is 0 Å². The van der Waals surface area contributed by atoms with Crippen molar-refractivity contribution in [2.75, 3.05) is 0 Å². The largest absolute Gasteiger partial charge is 1.00 e. The van der Waals surface area contributed by atoms with Crippen molar-refractivity contribution in [3.8, 4) is 5.75 Å². The maximum absolute atomic E-state index is 13.2. The molecule has 2 nitrogen and oxygen atoms in total. The predicted octanol–water partition coefficient (Wildman–Crippen LogP) is 7.31. The van der Waals surface area contributed by atoms with Gasteiger partial charge in [0.2, 0.25) is 0 Å². The number of benzene rings is 6. The van der Waals surface area contributed by atoms with Crippen LogP contribution in [0.2, 0.25) is 0 Å². The Hall–Kier alpha value is -5.03. The molecule has 0 aliphatic carbocycles. The molecule has 7 aromatic rings. The summed E-state index contributed by atoms with van der Waals surface area (Å²) in [4.78, 5) is 10.5. The number of hydrogen-bond acceptors (Lipinski definition) is 2. The summed E-state index contributed by atoms with van der Waals surface area (Å²) < 4.78 is 79.0. The van der Waals surface area contributed by atoms with Crippen molar-refractivity contribution in [2.24, 2.45) is 0 Å². The van der Waals surface area contributed by atoms with Crippen LogP contribution in [0.15, 0.2) is 181 Å². The van der Waals surface area contributed by atoms with E-state index in [1.807, 2.05) is 0 Å². The van der Waals surface area contributed by atoms with Crippen molar-refractivity contribution < 1.29 is 48.5 Å². The zero-order valence-corrected chi connectivity index (χ0v) is 31.1. The fourth-order valence-electron chi connectivity index (χ4n) is 5.21. The summed E-state index contributed by atoms with van der Waals surface area (Å²) in [5.74, 6) is -2.27. The SMILES string of the molecule is Fc1ccc([PH+](c2ccc(F)cc2)c2ccc(F)cc2)cc1.Fc1ccc([PH+](c2ccc(F)cc2)c2ccc(F)cc2)cc1.O=c1cccccc1[O-].[Cu+]. The van der Waals surface area contributed by atoms with Crippen LogP contribution in [0.4, 0.5) is 26.3 Å². The molecule has 0 amide bonds. The van der Waals surface area contributed by atoms with Crippen LogP contribution in [0.5, 0.6) is 5.75 Å². The molecule has 0 fully saturated rings. The third-order valence-electron chi connectivity index (χ3n) is 7.76.